The number of para-hydroxylation sites is 2. The van der Waals surface area contributed by atoms with Gasteiger partial charge in [-0.3, -0.25) is 0 Å². The lowest BCUT2D eigenvalue weighted by Crippen LogP contribution is -1.96. The molecule has 0 radical (unpaired) electrons. The first kappa shape index (κ1) is 56.8. The standard InChI is InChI=1S/2C36H27FN2OS3/c1-20-10-8-11-21(2)29(20)25-16-18-27(41-25)31-33(37)36(40-24-14-6-5-7-15-24)32(35-34(31)38-43-39-35)28-19-17-26(42-28)30-22(3)12-9-13-23(30)4;1-20-10-12-22(3)25(18-20)27-14-16-29(41-27)31-33(37)36(40-24-8-6-5-7-9-24)32(35-34(31)38-43-39-35)30-17-15-28(42-30)26-19-21(2)11-13-23(26)4/h2*5-19H,1-4H3. The molecule has 6 nitrogen and oxygen atoms in total. The number of fused-ring (bicyclic) bond motifs is 2. The highest BCUT2D eigenvalue weighted by atomic mass is 32.1. The molecule has 0 atom stereocenters. The van der Waals surface area contributed by atoms with Crippen LogP contribution in [0.5, 0.6) is 23.0 Å². The van der Waals surface area contributed by atoms with Gasteiger partial charge in [-0.05, 0) is 184 Å². The minimum atomic E-state index is -0.435. The van der Waals surface area contributed by atoms with E-state index in [9.17, 15) is 0 Å². The number of hydrogen-bond acceptors (Lipinski definition) is 12. The Labute approximate surface area is 522 Å². The summed E-state index contributed by atoms with van der Waals surface area (Å²) < 4.78 is 65.6. The van der Waals surface area contributed by atoms with E-state index in [0.29, 0.717) is 55.8 Å². The van der Waals surface area contributed by atoms with E-state index in [1.807, 2.05) is 84.9 Å². The Morgan fingerprint density at radius 3 is 0.953 bits per heavy atom. The third-order valence-electron chi connectivity index (χ3n) is 15.3. The predicted octanol–water partition coefficient (Wildman–Crippen LogP) is 23.3. The van der Waals surface area contributed by atoms with Crippen molar-refractivity contribution in [1.82, 2.24) is 17.5 Å². The fourth-order valence-electron chi connectivity index (χ4n) is 11.1. The molecule has 0 saturated carbocycles. The molecule has 0 aliphatic heterocycles. The summed E-state index contributed by atoms with van der Waals surface area (Å²) in [5.41, 5.74) is 18.7. The highest BCUT2D eigenvalue weighted by Gasteiger charge is 2.31. The second-order valence-corrected chi connectivity index (χ2v) is 26.8. The summed E-state index contributed by atoms with van der Waals surface area (Å²) in [4.78, 5) is 7.75. The summed E-state index contributed by atoms with van der Waals surface area (Å²) in [5, 5.41) is 0. The van der Waals surface area contributed by atoms with E-state index >= 15 is 8.78 Å². The number of rotatable bonds is 12. The number of nitrogens with zero attached hydrogens (tertiary/aromatic N) is 4. The molecule has 0 bridgehead atoms. The van der Waals surface area contributed by atoms with E-state index in [1.54, 1.807) is 45.3 Å². The summed E-state index contributed by atoms with van der Waals surface area (Å²) >= 11 is 8.55. The molecule has 14 aromatic rings. The topological polar surface area (TPSA) is 70.0 Å². The SMILES string of the molecule is Cc1ccc(C)c(-c2ccc(-c3c(F)c(Oc4ccccc4)c(-c4ccc(-c5cc(C)ccc5C)s4)c4nsnc34)s2)c1.Cc1cccc(C)c1-c1ccc(-c2c(F)c(Oc3ccccc3)c(-c3ccc(-c4c(C)cccc4C)s3)c3nsnc23)s1. The van der Waals surface area contributed by atoms with E-state index < -0.39 is 11.6 Å². The van der Waals surface area contributed by atoms with Crippen molar-refractivity contribution in [3.8, 4) is 107 Å². The van der Waals surface area contributed by atoms with Crippen LogP contribution in [0.2, 0.25) is 0 Å². The van der Waals surface area contributed by atoms with Crippen LogP contribution >= 0.6 is 68.8 Å². The lowest BCUT2D eigenvalue weighted by molar-refractivity contribution is 0.446. The lowest BCUT2D eigenvalue weighted by atomic mass is 10.0. The van der Waals surface area contributed by atoms with Crippen molar-refractivity contribution in [1.29, 1.82) is 0 Å². The number of hydrogen-bond donors (Lipinski definition) is 0. The maximum atomic E-state index is 17.0. The number of benzene rings is 8. The molecule has 0 saturated heterocycles. The van der Waals surface area contributed by atoms with Crippen LogP contribution in [0.25, 0.3) is 106 Å². The average Bonchev–Trinajstić information content (AvgIpc) is 1.69. The van der Waals surface area contributed by atoms with E-state index in [0.717, 1.165) is 68.0 Å². The van der Waals surface area contributed by atoms with Crippen molar-refractivity contribution in [3.63, 3.8) is 0 Å². The van der Waals surface area contributed by atoms with Crippen molar-refractivity contribution >= 4 is 90.9 Å². The Hall–Kier alpha value is -8.34. The Morgan fingerprint density at radius 1 is 0.291 bits per heavy atom. The number of ether oxygens (including phenoxy) is 2. The zero-order chi connectivity index (χ0) is 59.3. The van der Waals surface area contributed by atoms with Crippen LogP contribution in [0, 0.1) is 67.0 Å². The molecule has 0 N–H and O–H groups in total. The third kappa shape index (κ3) is 10.8. The van der Waals surface area contributed by atoms with Gasteiger partial charge in [0.05, 0.1) is 45.7 Å². The molecule has 14 heteroatoms. The second-order valence-electron chi connectivity index (χ2n) is 21.4. The van der Waals surface area contributed by atoms with Crippen LogP contribution in [0.1, 0.15) is 44.5 Å². The van der Waals surface area contributed by atoms with Crippen LogP contribution < -0.4 is 9.47 Å². The minimum absolute atomic E-state index is 0.164. The fraction of sp³-hybridized carbons (Fsp3) is 0.111. The molecule has 0 fully saturated rings. The van der Waals surface area contributed by atoms with Gasteiger partial charge in [-0.25, -0.2) is 8.78 Å². The summed E-state index contributed by atoms with van der Waals surface area (Å²) in [6.45, 7) is 16.9. The minimum Gasteiger partial charge on any atom is -0.453 e. The maximum absolute atomic E-state index is 17.0. The molecule has 424 valence electrons. The second kappa shape index (κ2) is 23.8. The fourth-order valence-corrected chi connectivity index (χ4v) is 16.9. The van der Waals surface area contributed by atoms with Crippen LogP contribution in [0.4, 0.5) is 8.78 Å². The normalized spacial score (nSPS) is 11.4. The first-order valence-electron chi connectivity index (χ1n) is 27.9. The van der Waals surface area contributed by atoms with Crippen molar-refractivity contribution in [2.24, 2.45) is 0 Å². The highest BCUT2D eigenvalue weighted by Crippen LogP contribution is 2.53. The van der Waals surface area contributed by atoms with Gasteiger partial charge >= 0.3 is 0 Å². The number of aromatic nitrogens is 4. The molecule has 0 aliphatic rings. The molecule has 0 spiro atoms. The molecular weight excluding hydrogens is 1180 g/mol. The quantitative estimate of drug-likeness (QED) is 0.121. The smallest absolute Gasteiger partial charge is 0.177 e. The molecule has 6 aromatic heterocycles. The van der Waals surface area contributed by atoms with Crippen molar-refractivity contribution < 1.29 is 18.3 Å². The van der Waals surface area contributed by atoms with Gasteiger partial charge in [0.2, 0.25) is 0 Å². The molecular formula is C72H54F2N4O2S6. The van der Waals surface area contributed by atoms with E-state index in [-0.39, 0.29) is 11.5 Å². The van der Waals surface area contributed by atoms with Crippen LogP contribution in [0.15, 0.2) is 182 Å². The Kier molecular flexibility index (Phi) is 15.7. The van der Waals surface area contributed by atoms with Crippen molar-refractivity contribution in [2.75, 3.05) is 0 Å². The summed E-state index contributed by atoms with van der Waals surface area (Å²) in [6, 6.07) is 60.6. The molecule has 6 heterocycles. The van der Waals surface area contributed by atoms with Crippen molar-refractivity contribution in [3.05, 3.63) is 238 Å². The average molecular weight is 1240 g/mol. The Morgan fingerprint density at radius 2 is 0.593 bits per heavy atom. The summed E-state index contributed by atoms with van der Waals surface area (Å²) in [5.74, 6) is 0.580. The molecule has 0 amide bonds. The van der Waals surface area contributed by atoms with E-state index in [4.69, 9.17) is 18.2 Å². The van der Waals surface area contributed by atoms with Crippen molar-refractivity contribution in [2.45, 2.75) is 55.4 Å². The maximum Gasteiger partial charge on any atom is 0.177 e. The van der Waals surface area contributed by atoms with Crippen LogP contribution in [0.3, 0.4) is 0 Å². The summed E-state index contributed by atoms with van der Waals surface area (Å²) in [6.07, 6.45) is 0. The van der Waals surface area contributed by atoms with E-state index in [2.05, 4.69) is 161 Å². The van der Waals surface area contributed by atoms with Crippen LogP contribution in [-0.2, 0) is 0 Å². The summed E-state index contributed by atoms with van der Waals surface area (Å²) in [7, 11) is 0. The molecule has 14 rings (SSSR count). The third-order valence-corrected chi connectivity index (χ3v) is 20.9. The van der Waals surface area contributed by atoms with Gasteiger partial charge in [-0.2, -0.15) is 17.5 Å². The predicted molar refractivity (Wildman–Crippen MR) is 361 cm³/mol. The first-order chi connectivity index (χ1) is 41.8. The molecule has 8 aromatic carbocycles. The molecule has 0 aliphatic carbocycles. The Bertz CT molecular complexity index is 4820. The van der Waals surface area contributed by atoms with Crippen LogP contribution in [-0.4, -0.2) is 17.5 Å². The monoisotopic (exact) mass is 1240 g/mol. The van der Waals surface area contributed by atoms with Gasteiger partial charge in [-0.1, -0.05) is 120 Å². The van der Waals surface area contributed by atoms with Gasteiger partial charge in [0.25, 0.3) is 0 Å². The van der Waals surface area contributed by atoms with E-state index in [1.165, 1.54) is 61.2 Å². The number of aryl methyl sites for hydroxylation is 8. The lowest BCUT2D eigenvalue weighted by Gasteiger charge is -2.15. The molecule has 86 heavy (non-hydrogen) atoms. The zero-order valence-corrected chi connectivity index (χ0v) is 53.0. The van der Waals surface area contributed by atoms with Gasteiger partial charge in [-0.15, -0.1) is 45.3 Å². The van der Waals surface area contributed by atoms with Gasteiger partial charge in [0, 0.05) is 39.0 Å². The Balaban J connectivity index is 0.000000160. The highest BCUT2D eigenvalue weighted by molar-refractivity contribution is 7.20. The van der Waals surface area contributed by atoms with Gasteiger partial charge in [0.15, 0.2) is 23.1 Å². The molecule has 0 unspecified atom stereocenters. The van der Waals surface area contributed by atoms with Gasteiger partial charge < -0.3 is 9.47 Å². The first-order valence-corrected chi connectivity index (χ1v) is 32.6. The number of halogens is 2. The zero-order valence-electron chi connectivity index (χ0n) is 48.1. The largest absolute Gasteiger partial charge is 0.453 e. The number of thiophene rings is 4. The van der Waals surface area contributed by atoms with Gasteiger partial charge in [0.1, 0.15) is 33.6 Å².